The highest BCUT2D eigenvalue weighted by molar-refractivity contribution is 7.81. The van der Waals surface area contributed by atoms with Crippen molar-refractivity contribution in [3.05, 3.63) is 0 Å². The van der Waals surface area contributed by atoms with Gasteiger partial charge in [0.2, 0.25) is 0 Å². The molecule has 0 rings (SSSR count). The van der Waals surface area contributed by atoms with Crippen molar-refractivity contribution >= 4 is 31.4 Å². The van der Waals surface area contributed by atoms with Gasteiger partial charge in [0.15, 0.2) is 0 Å². The molecule has 0 saturated carbocycles. The number of rotatable bonds is 2. The molecule has 60 valence electrons. The van der Waals surface area contributed by atoms with Crippen LogP contribution in [0, 0.1) is 0 Å². The summed E-state index contributed by atoms with van der Waals surface area (Å²) in [6.07, 6.45) is -0.995. The van der Waals surface area contributed by atoms with E-state index in [0.29, 0.717) is 0 Å². The molecule has 0 aliphatic carbocycles. The maximum absolute atomic E-state index is 10.4. The third-order valence-corrected chi connectivity index (χ3v) is 1.52. The average Bonchev–Trinajstić information content (AvgIpc) is 1.59. The van der Waals surface area contributed by atoms with Crippen LogP contribution in [-0.4, -0.2) is 26.8 Å². The molecule has 0 spiro atoms. The van der Waals surface area contributed by atoms with Gasteiger partial charge in [-0.05, 0) is 13.8 Å². The van der Waals surface area contributed by atoms with E-state index in [0.717, 1.165) is 4.90 Å². The highest BCUT2D eigenvalue weighted by Crippen LogP contribution is 2.10. The van der Waals surface area contributed by atoms with Crippen LogP contribution in [-0.2, 0) is 0 Å². The predicted octanol–water partition coefficient (Wildman–Crippen LogP) is 1.52. The van der Waals surface area contributed by atoms with Crippen molar-refractivity contribution in [2.45, 2.75) is 24.6 Å². The first-order valence-corrected chi connectivity index (χ1v) is 3.87. The van der Waals surface area contributed by atoms with Crippen LogP contribution in [0.25, 0.3) is 0 Å². The largest absolute Gasteiger partial charge is 0.465 e. The summed E-state index contributed by atoms with van der Waals surface area (Å²) in [6, 6.07) is 0. The fourth-order valence-corrected chi connectivity index (χ4v) is 1.33. The molecule has 10 heavy (non-hydrogen) atoms. The van der Waals surface area contributed by atoms with E-state index in [9.17, 15) is 4.79 Å². The molecule has 0 saturated heterocycles. The monoisotopic (exact) mass is 181 g/mol. The molecule has 2 atom stereocenters. The third-order valence-electron chi connectivity index (χ3n) is 1.03. The zero-order valence-electron chi connectivity index (χ0n) is 5.85. The Kier molecular flexibility index (Phi) is 3.96. The van der Waals surface area contributed by atoms with E-state index in [1.54, 1.807) is 13.8 Å². The summed E-state index contributed by atoms with van der Waals surface area (Å²) in [4.78, 5) is 11.6. The second-order valence-electron chi connectivity index (χ2n) is 1.95. The Balaban J connectivity index is 4.12. The Morgan fingerprint density at radius 1 is 1.40 bits per heavy atom. The first-order chi connectivity index (χ1) is 4.46. The van der Waals surface area contributed by atoms with Gasteiger partial charge in [-0.15, -0.1) is 0 Å². The van der Waals surface area contributed by atoms with Crippen LogP contribution in [0.4, 0.5) is 4.79 Å². The zero-order chi connectivity index (χ0) is 8.31. The lowest BCUT2D eigenvalue weighted by atomic mass is 10.5. The molecule has 0 bridgehead atoms. The van der Waals surface area contributed by atoms with Crippen LogP contribution in [0.2, 0.25) is 0 Å². The van der Waals surface area contributed by atoms with Crippen LogP contribution in [0.5, 0.6) is 0 Å². The van der Waals surface area contributed by atoms with Crippen molar-refractivity contribution in [3.63, 3.8) is 0 Å². The van der Waals surface area contributed by atoms with Gasteiger partial charge in [-0.25, -0.2) is 4.79 Å². The minimum atomic E-state index is -0.995. The molecule has 2 unspecified atom stereocenters. The van der Waals surface area contributed by atoms with E-state index in [1.807, 2.05) is 0 Å². The predicted molar refractivity (Wildman–Crippen MR) is 46.8 cm³/mol. The lowest BCUT2D eigenvalue weighted by Gasteiger charge is -2.25. The second kappa shape index (κ2) is 3.98. The van der Waals surface area contributed by atoms with Crippen molar-refractivity contribution in [2.75, 3.05) is 0 Å². The van der Waals surface area contributed by atoms with Gasteiger partial charge in [-0.1, -0.05) is 0 Å². The van der Waals surface area contributed by atoms with Crippen molar-refractivity contribution in [2.24, 2.45) is 0 Å². The lowest BCUT2D eigenvalue weighted by molar-refractivity contribution is 0.141. The molecule has 0 aliphatic rings. The third kappa shape index (κ3) is 2.70. The Bertz CT molecular complexity index is 119. The van der Waals surface area contributed by atoms with Crippen LogP contribution < -0.4 is 0 Å². The maximum Gasteiger partial charge on any atom is 0.409 e. The topological polar surface area (TPSA) is 40.5 Å². The van der Waals surface area contributed by atoms with E-state index in [2.05, 4.69) is 25.3 Å². The first-order valence-electron chi connectivity index (χ1n) is 2.84. The molecule has 0 aromatic rings. The normalized spacial score (nSPS) is 16.0. The number of nitrogens with zero attached hydrogens (tertiary/aromatic N) is 1. The number of carboxylic acid groups (broad SMARTS) is 1. The smallest absolute Gasteiger partial charge is 0.409 e. The molecule has 0 aromatic carbocycles. The molecule has 5 heteroatoms. The minimum Gasteiger partial charge on any atom is -0.465 e. The minimum absolute atomic E-state index is 0.315. The van der Waals surface area contributed by atoms with Crippen LogP contribution >= 0.6 is 25.3 Å². The fraction of sp³-hybridized carbons (Fsp3) is 0.800. The van der Waals surface area contributed by atoms with E-state index >= 15 is 0 Å². The summed E-state index contributed by atoms with van der Waals surface area (Å²) in [7, 11) is 0. The van der Waals surface area contributed by atoms with Gasteiger partial charge < -0.3 is 5.11 Å². The average molecular weight is 181 g/mol. The van der Waals surface area contributed by atoms with E-state index in [-0.39, 0.29) is 10.7 Å². The van der Waals surface area contributed by atoms with Gasteiger partial charge in [0.1, 0.15) is 0 Å². The molecule has 0 radical (unpaired) electrons. The van der Waals surface area contributed by atoms with Crippen LogP contribution in [0.1, 0.15) is 13.8 Å². The summed E-state index contributed by atoms with van der Waals surface area (Å²) in [5.41, 5.74) is 0. The van der Waals surface area contributed by atoms with E-state index in [4.69, 9.17) is 5.11 Å². The van der Waals surface area contributed by atoms with Crippen molar-refractivity contribution in [1.82, 2.24) is 4.90 Å². The van der Waals surface area contributed by atoms with Gasteiger partial charge in [0.05, 0.1) is 10.7 Å². The molecule has 0 aliphatic heterocycles. The highest BCUT2D eigenvalue weighted by atomic mass is 32.1. The van der Waals surface area contributed by atoms with Gasteiger partial charge in [-0.3, -0.25) is 4.90 Å². The molecule has 3 nitrogen and oxygen atoms in total. The molecule has 1 amide bonds. The number of amides is 1. The molecular weight excluding hydrogens is 170 g/mol. The first kappa shape index (κ1) is 9.97. The Labute approximate surface area is 71.2 Å². The van der Waals surface area contributed by atoms with E-state index in [1.165, 1.54) is 0 Å². The zero-order valence-corrected chi connectivity index (χ0v) is 7.64. The summed E-state index contributed by atoms with van der Waals surface area (Å²) in [6.45, 7) is 3.37. The number of hydrogen-bond acceptors (Lipinski definition) is 3. The Morgan fingerprint density at radius 3 is 1.70 bits per heavy atom. The standard InChI is InChI=1S/C5H11NO2S2/c1-3(9)6(4(2)10)5(7)8/h3-4,9-10H,1-2H3,(H,7,8). The van der Waals surface area contributed by atoms with Gasteiger partial charge in [0.25, 0.3) is 0 Å². The summed E-state index contributed by atoms with van der Waals surface area (Å²) in [5, 5.41) is 7.91. The SMILES string of the molecule is CC(S)N(C(=O)O)C(C)S. The Hall–Kier alpha value is -0.0300. The van der Waals surface area contributed by atoms with Gasteiger partial charge in [0, 0.05) is 0 Å². The second-order valence-corrected chi connectivity index (χ2v) is 3.45. The highest BCUT2D eigenvalue weighted by Gasteiger charge is 2.19. The van der Waals surface area contributed by atoms with Gasteiger partial charge in [-0.2, -0.15) is 25.3 Å². The van der Waals surface area contributed by atoms with Gasteiger partial charge >= 0.3 is 6.09 Å². The number of thiol groups is 2. The molecular formula is C5H11NO2S2. The van der Waals surface area contributed by atoms with E-state index < -0.39 is 6.09 Å². The Morgan fingerprint density at radius 2 is 1.70 bits per heavy atom. The lowest BCUT2D eigenvalue weighted by Crippen LogP contribution is -2.38. The molecule has 0 aromatic heterocycles. The summed E-state index contributed by atoms with van der Waals surface area (Å²) in [5.74, 6) is 0. The maximum atomic E-state index is 10.4. The van der Waals surface area contributed by atoms with Crippen molar-refractivity contribution < 1.29 is 9.90 Å². The van der Waals surface area contributed by atoms with Crippen LogP contribution in [0.15, 0.2) is 0 Å². The summed E-state index contributed by atoms with van der Waals surface area (Å²) < 4.78 is 0. The van der Waals surface area contributed by atoms with Crippen LogP contribution in [0.3, 0.4) is 0 Å². The molecule has 0 heterocycles. The molecule has 1 N–H and O–H groups in total. The quantitative estimate of drug-likeness (QED) is 0.446. The fourth-order valence-electron chi connectivity index (χ4n) is 0.632. The molecule has 0 fully saturated rings. The summed E-state index contributed by atoms with van der Waals surface area (Å²) >= 11 is 7.94. The van der Waals surface area contributed by atoms with Crippen molar-refractivity contribution in [1.29, 1.82) is 0 Å². The number of carbonyl (C=O) groups is 1. The van der Waals surface area contributed by atoms with Crippen molar-refractivity contribution in [3.8, 4) is 0 Å². The number of hydrogen-bond donors (Lipinski definition) is 3.